The van der Waals surface area contributed by atoms with E-state index in [1.165, 1.54) is 0 Å². The van der Waals surface area contributed by atoms with Crippen LogP contribution in [0.2, 0.25) is 0 Å². The summed E-state index contributed by atoms with van der Waals surface area (Å²) < 4.78 is 10.6. The van der Waals surface area contributed by atoms with E-state index < -0.39 is 0 Å². The molecule has 18 heavy (non-hydrogen) atoms. The van der Waals surface area contributed by atoms with Crippen LogP contribution in [0.3, 0.4) is 0 Å². The molecular weight excluding hydrogens is 230 g/mol. The van der Waals surface area contributed by atoms with Crippen LogP contribution in [0.25, 0.3) is 0 Å². The first-order valence-electron chi connectivity index (χ1n) is 6.02. The Labute approximate surface area is 107 Å². The van der Waals surface area contributed by atoms with Crippen LogP contribution < -0.4 is 9.47 Å². The van der Waals surface area contributed by atoms with E-state index in [0.29, 0.717) is 6.54 Å². The number of amides is 1. The molecule has 0 saturated carbocycles. The predicted molar refractivity (Wildman–Crippen MR) is 68.5 cm³/mol. The molecule has 1 aromatic rings. The summed E-state index contributed by atoms with van der Waals surface area (Å²) in [5.41, 5.74) is 0.685. The lowest BCUT2D eigenvalue weighted by molar-refractivity contribution is -0.138. The number of hydrogen-bond acceptors (Lipinski definition) is 3. The molecule has 1 aromatic carbocycles. The van der Waals surface area contributed by atoms with Gasteiger partial charge in [0.05, 0.1) is 0 Å². The van der Waals surface area contributed by atoms with E-state index in [9.17, 15) is 4.79 Å². The van der Waals surface area contributed by atoms with Crippen molar-refractivity contribution in [3.8, 4) is 11.5 Å². The molecule has 0 unspecified atom stereocenters. The summed E-state index contributed by atoms with van der Waals surface area (Å²) in [6.07, 6.45) is 0. The van der Waals surface area contributed by atoms with Gasteiger partial charge in [0.2, 0.25) is 12.7 Å². The second-order valence-corrected chi connectivity index (χ2v) is 5.60. The van der Waals surface area contributed by atoms with Crippen molar-refractivity contribution in [2.24, 2.45) is 5.41 Å². The van der Waals surface area contributed by atoms with E-state index in [-0.39, 0.29) is 18.1 Å². The molecule has 0 aliphatic carbocycles. The van der Waals surface area contributed by atoms with Gasteiger partial charge in [0.15, 0.2) is 11.5 Å². The highest BCUT2D eigenvalue weighted by Crippen LogP contribution is 2.32. The summed E-state index contributed by atoms with van der Waals surface area (Å²) in [7, 11) is 1.82. The molecule has 1 amide bonds. The van der Waals surface area contributed by atoms with Gasteiger partial charge in [0.1, 0.15) is 0 Å². The number of fused-ring (bicyclic) bond motifs is 1. The Kier molecular flexibility index (Phi) is 3.20. The third-order valence-corrected chi connectivity index (χ3v) is 2.85. The molecule has 0 aromatic heterocycles. The molecule has 4 nitrogen and oxygen atoms in total. The molecule has 0 atom stereocenters. The van der Waals surface area contributed by atoms with Crippen molar-refractivity contribution in [2.45, 2.75) is 27.3 Å². The van der Waals surface area contributed by atoms with Gasteiger partial charge >= 0.3 is 0 Å². The zero-order valence-corrected chi connectivity index (χ0v) is 11.3. The molecule has 0 fully saturated rings. The molecule has 1 aliphatic rings. The first-order chi connectivity index (χ1) is 8.38. The summed E-state index contributed by atoms with van der Waals surface area (Å²) >= 11 is 0. The maximum absolute atomic E-state index is 12.1. The van der Waals surface area contributed by atoms with E-state index in [1.54, 1.807) is 4.90 Å². The molecule has 1 heterocycles. The fraction of sp³-hybridized carbons (Fsp3) is 0.500. The van der Waals surface area contributed by atoms with Gasteiger partial charge in [-0.2, -0.15) is 0 Å². The maximum Gasteiger partial charge on any atom is 0.231 e. The van der Waals surface area contributed by atoms with Gasteiger partial charge < -0.3 is 14.4 Å². The van der Waals surface area contributed by atoms with Gasteiger partial charge in [0.25, 0.3) is 0 Å². The molecule has 1 aliphatic heterocycles. The summed E-state index contributed by atoms with van der Waals surface area (Å²) in [5.74, 6) is 1.65. The van der Waals surface area contributed by atoms with Gasteiger partial charge in [-0.3, -0.25) is 4.79 Å². The molecule has 0 spiro atoms. The zero-order chi connectivity index (χ0) is 13.3. The molecule has 0 saturated heterocycles. The van der Waals surface area contributed by atoms with E-state index in [2.05, 4.69) is 0 Å². The lowest BCUT2D eigenvalue weighted by Gasteiger charge is -2.26. The van der Waals surface area contributed by atoms with Crippen molar-refractivity contribution in [3.63, 3.8) is 0 Å². The molecule has 98 valence electrons. The third kappa shape index (κ3) is 2.58. The van der Waals surface area contributed by atoms with Gasteiger partial charge in [-0.1, -0.05) is 26.8 Å². The Morgan fingerprint density at radius 1 is 1.28 bits per heavy atom. The van der Waals surface area contributed by atoms with Crippen molar-refractivity contribution < 1.29 is 14.3 Å². The Hall–Kier alpha value is -1.71. The third-order valence-electron chi connectivity index (χ3n) is 2.85. The van der Waals surface area contributed by atoms with E-state index in [0.717, 1.165) is 17.1 Å². The maximum atomic E-state index is 12.1. The predicted octanol–water partition coefficient (Wildman–Crippen LogP) is 2.42. The van der Waals surface area contributed by atoms with Crippen LogP contribution in [0, 0.1) is 5.41 Å². The number of benzene rings is 1. The number of carbonyl (C=O) groups excluding carboxylic acids is 1. The van der Waals surface area contributed by atoms with Crippen molar-refractivity contribution >= 4 is 5.91 Å². The number of hydrogen-bond donors (Lipinski definition) is 0. The minimum Gasteiger partial charge on any atom is -0.454 e. The highest BCUT2D eigenvalue weighted by atomic mass is 16.7. The van der Waals surface area contributed by atoms with Gasteiger partial charge in [0, 0.05) is 19.0 Å². The van der Waals surface area contributed by atoms with Crippen LogP contribution in [-0.2, 0) is 11.3 Å². The Bertz CT molecular complexity index is 463. The van der Waals surface area contributed by atoms with Crippen molar-refractivity contribution in [1.82, 2.24) is 4.90 Å². The Morgan fingerprint density at radius 2 is 1.94 bits per heavy atom. The fourth-order valence-corrected chi connectivity index (χ4v) is 1.96. The van der Waals surface area contributed by atoms with Crippen molar-refractivity contribution in [1.29, 1.82) is 0 Å². The highest BCUT2D eigenvalue weighted by molar-refractivity contribution is 5.81. The lowest BCUT2D eigenvalue weighted by Crippen LogP contribution is -2.36. The highest BCUT2D eigenvalue weighted by Gasteiger charge is 2.25. The molecule has 2 rings (SSSR count). The number of ether oxygens (including phenoxy) is 2. The first kappa shape index (κ1) is 12.7. The molecule has 0 bridgehead atoms. The monoisotopic (exact) mass is 249 g/mol. The standard InChI is InChI=1S/C14H19NO3/c1-14(2,3)13(16)15(4)8-10-5-6-11-12(7-10)18-9-17-11/h5-7H,8-9H2,1-4H3. The van der Waals surface area contributed by atoms with Crippen LogP contribution in [0.1, 0.15) is 26.3 Å². The normalized spacial score (nSPS) is 13.6. The van der Waals surface area contributed by atoms with E-state index in [1.807, 2.05) is 46.0 Å². The van der Waals surface area contributed by atoms with Gasteiger partial charge in [-0.25, -0.2) is 0 Å². The average molecular weight is 249 g/mol. The van der Waals surface area contributed by atoms with Crippen LogP contribution >= 0.6 is 0 Å². The second kappa shape index (κ2) is 4.52. The SMILES string of the molecule is CN(Cc1ccc2c(c1)OCO2)C(=O)C(C)(C)C. The number of nitrogens with zero attached hydrogens (tertiary/aromatic N) is 1. The van der Waals surface area contributed by atoms with Crippen LogP contribution in [0.15, 0.2) is 18.2 Å². The fourth-order valence-electron chi connectivity index (χ4n) is 1.96. The minimum absolute atomic E-state index is 0.125. The Morgan fingerprint density at radius 3 is 2.61 bits per heavy atom. The van der Waals surface area contributed by atoms with Gasteiger partial charge in [-0.05, 0) is 17.7 Å². The molecule has 0 N–H and O–H groups in total. The Balaban J connectivity index is 2.08. The topological polar surface area (TPSA) is 38.8 Å². The van der Waals surface area contributed by atoms with Crippen LogP contribution in [0.5, 0.6) is 11.5 Å². The van der Waals surface area contributed by atoms with Gasteiger partial charge in [-0.15, -0.1) is 0 Å². The first-order valence-corrected chi connectivity index (χ1v) is 6.02. The second-order valence-electron chi connectivity index (χ2n) is 5.60. The van der Waals surface area contributed by atoms with Crippen LogP contribution in [0.4, 0.5) is 0 Å². The van der Waals surface area contributed by atoms with E-state index >= 15 is 0 Å². The summed E-state index contributed by atoms with van der Waals surface area (Å²) in [6.45, 7) is 6.62. The van der Waals surface area contributed by atoms with E-state index in [4.69, 9.17) is 9.47 Å². The van der Waals surface area contributed by atoms with Crippen molar-refractivity contribution in [3.05, 3.63) is 23.8 Å². The molecule has 4 heteroatoms. The average Bonchev–Trinajstić information content (AvgIpc) is 2.73. The molecule has 0 radical (unpaired) electrons. The summed E-state index contributed by atoms with van der Waals surface area (Å²) in [6, 6.07) is 5.77. The van der Waals surface area contributed by atoms with Crippen molar-refractivity contribution in [2.75, 3.05) is 13.8 Å². The zero-order valence-electron chi connectivity index (χ0n) is 11.3. The van der Waals surface area contributed by atoms with Crippen LogP contribution in [-0.4, -0.2) is 24.6 Å². The summed E-state index contributed by atoms with van der Waals surface area (Å²) in [4.78, 5) is 13.8. The number of carbonyl (C=O) groups is 1. The summed E-state index contributed by atoms with van der Waals surface area (Å²) in [5, 5.41) is 0. The smallest absolute Gasteiger partial charge is 0.231 e. The molecular formula is C14H19NO3. The lowest BCUT2D eigenvalue weighted by atomic mass is 9.95. The quantitative estimate of drug-likeness (QED) is 0.808. The number of rotatable bonds is 2. The minimum atomic E-state index is -0.356. The largest absolute Gasteiger partial charge is 0.454 e.